The highest BCUT2D eigenvalue weighted by atomic mass is 16.5. The van der Waals surface area contributed by atoms with Gasteiger partial charge in [0.05, 0.1) is 6.61 Å². The van der Waals surface area contributed by atoms with E-state index in [2.05, 4.69) is 17.1 Å². The first-order valence-electron chi connectivity index (χ1n) is 11.3. The van der Waals surface area contributed by atoms with Crippen molar-refractivity contribution in [3.8, 4) is 0 Å². The van der Waals surface area contributed by atoms with Gasteiger partial charge in [0.25, 0.3) is 0 Å². The summed E-state index contributed by atoms with van der Waals surface area (Å²) in [4.78, 5) is 15.2. The Morgan fingerprint density at radius 3 is 2.54 bits per heavy atom. The van der Waals surface area contributed by atoms with Crippen molar-refractivity contribution in [2.45, 2.75) is 83.6 Å². The van der Waals surface area contributed by atoms with Gasteiger partial charge in [-0.05, 0) is 69.7 Å². The predicted octanol–water partition coefficient (Wildman–Crippen LogP) is 3.99. The summed E-state index contributed by atoms with van der Waals surface area (Å²) < 4.78 is 5.66. The van der Waals surface area contributed by atoms with Gasteiger partial charge in [0.1, 0.15) is 0 Å². The van der Waals surface area contributed by atoms with E-state index in [0.29, 0.717) is 29.7 Å². The molecule has 4 heteroatoms. The van der Waals surface area contributed by atoms with Crippen LogP contribution in [0.4, 0.5) is 0 Å². The minimum atomic E-state index is 0.321. The summed E-state index contributed by atoms with van der Waals surface area (Å²) in [6, 6.07) is 0.407. The van der Waals surface area contributed by atoms with Gasteiger partial charge in [-0.2, -0.15) is 0 Å². The standard InChI is InChI=1S/C22H40N2O2/c1-2-26-17-19-10-7-13-24(15-19)16-20-11-5-6-12-21(20)23-22(25)14-18-8-3-4-9-18/h18-21H,2-17H2,1H3,(H,23,25)/t19-,20-,21+/m1/s1. The lowest BCUT2D eigenvalue weighted by molar-refractivity contribution is -0.123. The largest absolute Gasteiger partial charge is 0.381 e. The molecule has 0 aromatic heterocycles. The van der Waals surface area contributed by atoms with E-state index in [0.717, 1.165) is 26.2 Å². The zero-order chi connectivity index (χ0) is 18.2. The van der Waals surface area contributed by atoms with E-state index in [9.17, 15) is 4.79 Å². The normalized spacial score (nSPS) is 31.2. The van der Waals surface area contributed by atoms with Crippen LogP contribution in [-0.2, 0) is 9.53 Å². The van der Waals surface area contributed by atoms with Crippen LogP contribution in [0.1, 0.15) is 77.6 Å². The number of amides is 1. The molecule has 4 nitrogen and oxygen atoms in total. The fourth-order valence-corrected chi connectivity index (χ4v) is 5.43. The number of piperidine rings is 1. The monoisotopic (exact) mass is 364 g/mol. The number of hydrogen-bond acceptors (Lipinski definition) is 3. The molecule has 1 heterocycles. The van der Waals surface area contributed by atoms with E-state index in [1.165, 1.54) is 77.3 Å². The minimum absolute atomic E-state index is 0.321. The van der Waals surface area contributed by atoms with E-state index in [4.69, 9.17) is 4.74 Å². The molecule has 3 rings (SSSR count). The highest BCUT2D eigenvalue weighted by molar-refractivity contribution is 5.76. The van der Waals surface area contributed by atoms with Gasteiger partial charge in [-0.3, -0.25) is 4.79 Å². The lowest BCUT2D eigenvalue weighted by Crippen LogP contribution is -2.48. The molecule has 0 aromatic carbocycles. The Labute approximate surface area is 160 Å². The fraction of sp³-hybridized carbons (Fsp3) is 0.955. The second-order valence-electron chi connectivity index (χ2n) is 9.00. The summed E-state index contributed by atoms with van der Waals surface area (Å²) in [6.45, 7) is 7.40. The smallest absolute Gasteiger partial charge is 0.220 e. The first kappa shape index (κ1) is 20.1. The highest BCUT2D eigenvalue weighted by Crippen LogP contribution is 2.29. The number of ether oxygens (including phenoxy) is 1. The van der Waals surface area contributed by atoms with Gasteiger partial charge in [-0.15, -0.1) is 0 Å². The first-order chi connectivity index (χ1) is 12.7. The summed E-state index contributed by atoms with van der Waals surface area (Å²) in [5.74, 6) is 2.31. The van der Waals surface area contributed by atoms with E-state index in [1.54, 1.807) is 0 Å². The molecule has 1 amide bonds. The lowest BCUT2D eigenvalue weighted by atomic mass is 9.83. The number of carbonyl (C=O) groups excluding carboxylic acids is 1. The fourth-order valence-electron chi connectivity index (χ4n) is 5.43. The van der Waals surface area contributed by atoms with Gasteiger partial charge in [0.15, 0.2) is 0 Å². The maximum atomic E-state index is 12.5. The molecule has 2 aliphatic carbocycles. The van der Waals surface area contributed by atoms with E-state index in [1.807, 2.05) is 0 Å². The van der Waals surface area contributed by atoms with Crippen LogP contribution < -0.4 is 5.32 Å². The van der Waals surface area contributed by atoms with Gasteiger partial charge in [-0.25, -0.2) is 0 Å². The zero-order valence-electron chi connectivity index (χ0n) is 16.9. The highest BCUT2D eigenvalue weighted by Gasteiger charge is 2.30. The second-order valence-corrected chi connectivity index (χ2v) is 9.00. The molecule has 3 atom stereocenters. The minimum Gasteiger partial charge on any atom is -0.381 e. The van der Waals surface area contributed by atoms with Crippen LogP contribution in [0.15, 0.2) is 0 Å². The number of nitrogens with zero attached hydrogens (tertiary/aromatic N) is 1. The van der Waals surface area contributed by atoms with Crippen LogP contribution in [0.25, 0.3) is 0 Å². The van der Waals surface area contributed by atoms with Crippen molar-refractivity contribution in [2.24, 2.45) is 17.8 Å². The Kier molecular flexibility index (Phi) is 8.25. The molecule has 3 aliphatic rings. The van der Waals surface area contributed by atoms with E-state index < -0.39 is 0 Å². The number of hydrogen-bond donors (Lipinski definition) is 1. The van der Waals surface area contributed by atoms with Gasteiger partial charge in [0, 0.05) is 32.2 Å². The van der Waals surface area contributed by atoms with Crippen molar-refractivity contribution in [1.29, 1.82) is 0 Å². The van der Waals surface area contributed by atoms with Crippen LogP contribution in [0.2, 0.25) is 0 Å². The summed E-state index contributed by atoms with van der Waals surface area (Å²) in [5.41, 5.74) is 0. The van der Waals surface area contributed by atoms with Crippen molar-refractivity contribution in [1.82, 2.24) is 10.2 Å². The van der Waals surface area contributed by atoms with Crippen molar-refractivity contribution >= 4 is 5.91 Å². The third-order valence-electron chi connectivity index (χ3n) is 6.86. The molecule has 26 heavy (non-hydrogen) atoms. The number of nitrogens with one attached hydrogen (secondary N) is 1. The zero-order valence-corrected chi connectivity index (χ0v) is 16.9. The maximum absolute atomic E-state index is 12.5. The Morgan fingerprint density at radius 2 is 1.73 bits per heavy atom. The average molecular weight is 365 g/mol. The Morgan fingerprint density at radius 1 is 1.00 bits per heavy atom. The molecule has 0 radical (unpaired) electrons. The Bertz CT molecular complexity index is 422. The van der Waals surface area contributed by atoms with Crippen LogP contribution in [0.5, 0.6) is 0 Å². The number of likely N-dealkylation sites (tertiary alicyclic amines) is 1. The quantitative estimate of drug-likeness (QED) is 0.708. The summed E-state index contributed by atoms with van der Waals surface area (Å²) in [5, 5.41) is 3.44. The Hall–Kier alpha value is -0.610. The molecule has 0 bridgehead atoms. The molecule has 0 aromatic rings. The third-order valence-corrected chi connectivity index (χ3v) is 6.86. The SMILES string of the molecule is CCOC[C@@H]1CCCN(C[C@H]2CCCC[C@@H]2NC(=O)CC2CCCC2)C1. The van der Waals surface area contributed by atoms with Crippen molar-refractivity contribution in [3.05, 3.63) is 0 Å². The van der Waals surface area contributed by atoms with Gasteiger partial charge < -0.3 is 15.0 Å². The Balaban J connectivity index is 1.46. The number of rotatable bonds is 8. The van der Waals surface area contributed by atoms with Crippen LogP contribution in [0.3, 0.4) is 0 Å². The van der Waals surface area contributed by atoms with Gasteiger partial charge >= 0.3 is 0 Å². The molecule has 3 fully saturated rings. The molecule has 1 aliphatic heterocycles. The van der Waals surface area contributed by atoms with Crippen molar-refractivity contribution in [3.63, 3.8) is 0 Å². The third kappa shape index (κ3) is 6.23. The van der Waals surface area contributed by atoms with Crippen LogP contribution in [-0.4, -0.2) is 49.7 Å². The molecule has 1 N–H and O–H groups in total. The van der Waals surface area contributed by atoms with E-state index in [-0.39, 0.29) is 0 Å². The molecule has 2 saturated carbocycles. The first-order valence-corrected chi connectivity index (χ1v) is 11.3. The van der Waals surface area contributed by atoms with Crippen molar-refractivity contribution in [2.75, 3.05) is 32.8 Å². The predicted molar refractivity (Wildman–Crippen MR) is 106 cm³/mol. The molecule has 0 spiro atoms. The topological polar surface area (TPSA) is 41.6 Å². The molecular formula is C22H40N2O2. The number of carbonyl (C=O) groups is 1. The molecular weight excluding hydrogens is 324 g/mol. The van der Waals surface area contributed by atoms with Crippen molar-refractivity contribution < 1.29 is 9.53 Å². The second kappa shape index (κ2) is 10.7. The summed E-state index contributed by atoms with van der Waals surface area (Å²) in [7, 11) is 0. The average Bonchev–Trinajstić information content (AvgIpc) is 3.15. The maximum Gasteiger partial charge on any atom is 0.220 e. The van der Waals surface area contributed by atoms with Gasteiger partial charge in [0.2, 0.25) is 5.91 Å². The van der Waals surface area contributed by atoms with Crippen LogP contribution in [0, 0.1) is 17.8 Å². The summed E-state index contributed by atoms with van der Waals surface area (Å²) in [6.07, 6.45) is 13.6. The molecule has 1 saturated heterocycles. The molecule has 150 valence electrons. The van der Waals surface area contributed by atoms with Crippen LogP contribution >= 0.6 is 0 Å². The van der Waals surface area contributed by atoms with Gasteiger partial charge in [-0.1, -0.05) is 25.7 Å². The van der Waals surface area contributed by atoms with E-state index >= 15 is 0 Å². The molecule has 0 unspecified atom stereocenters. The summed E-state index contributed by atoms with van der Waals surface area (Å²) >= 11 is 0. The lowest BCUT2D eigenvalue weighted by Gasteiger charge is -2.39.